The van der Waals surface area contributed by atoms with Crippen LogP contribution in [0.3, 0.4) is 0 Å². The summed E-state index contributed by atoms with van der Waals surface area (Å²) in [5.41, 5.74) is 0. The van der Waals surface area contributed by atoms with Gasteiger partial charge in [0.15, 0.2) is 0 Å². The van der Waals surface area contributed by atoms with Crippen molar-refractivity contribution in [2.24, 2.45) is 23.7 Å². The van der Waals surface area contributed by atoms with Crippen molar-refractivity contribution in [1.29, 1.82) is 0 Å². The minimum absolute atomic E-state index is 0.0301. The standard InChI is InChI=1S/C16H28O/c17-16-9-8-14-10-13(6-7-15(14)11-16)12-4-2-1-3-5-12/h12-17H,1-11H2. The fraction of sp³-hybridized carbons (Fsp3) is 1.00. The highest BCUT2D eigenvalue weighted by Gasteiger charge is 2.37. The zero-order valence-corrected chi connectivity index (χ0v) is 11.1. The summed E-state index contributed by atoms with van der Waals surface area (Å²) in [7, 11) is 0. The summed E-state index contributed by atoms with van der Waals surface area (Å²) < 4.78 is 0. The highest BCUT2D eigenvalue weighted by Crippen LogP contribution is 2.47. The third-order valence-corrected chi connectivity index (χ3v) is 5.94. The third-order valence-electron chi connectivity index (χ3n) is 5.94. The predicted octanol–water partition coefficient (Wildman–Crippen LogP) is 4.14. The van der Waals surface area contributed by atoms with Crippen LogP contribution in [0, 0.1) is 23.7 Å². The Morgan fingerprint density at radius 3 is 1.88 bits per heavy atom. The molecular weight excluding hydrogens is 208 g/mol. The van der Waals surface area contributed by atoms with E-state index in [-0.39, 0.29) is 6.10 Å². The molecule has 1 heteroatoms. The van der Waals surface area contributed by atoms with E-state index < -0.39 is 0 Å². The van der Waals surface area contributed by atoms with E-state index >= 15 is 0 Å². The number of fused-ring (bicyclic) bond motifs is 1. The monoisotopic (exact) mass is 236 g/mol. The molecule has 98 valence electrons. The summed E-state index contributed by atoms with van der Waals surface area (Å²) in [4.78, 5) is 0. The van der Waals surface area contributed by atoms with E-state index in [0.717, 1.165) is 36.5 Å². The van der Waals surface area contributed by atoms with Crippen LogP contribution in [0.5, 0.6) is 0 Å². The minimum Gasteiger partial charge on any atom is -0.393 e. The van der Waals surface area contributed by atoms with Gasteiger partial charge in [-0.05, 0) is 62.2 Å². The Morgan fingerprint density at radius 1 is 0.529 bits per heavy atom. The van der Waals surface area contributed by atoms with Crippen molar-refractivity contribution in [3.63, 3.8) is 0 Å². The first kappa shape index (κ1) is 12.0. The largest absolute Gasteiger partial charge is 0.393 e. The number of aliphatic hydroxyl groups is 1. The summed E-state index contributed by atoms with van der Waals surface area (Å²) in [5, 5.41) is 9.76. The predicted molar refractivity (Wildman–Crippen MR) is 70.8 cm³/mol. The topological polar surface area (TPSA) is 20.2 Å². The van der Waals surface area contributed by atoms with Crippen molar-refractivity contribution >= 4 is 0 Å². The van der Waals surface area contributed by atoms with E-state index in [1.165, 1.54) is 57.8 Å². The van der Waals surface area contributed by atoms with E-state index in [4.69, 9.17) is 0 Å². The lowest BCUT2D eigenvalue weighted by Crippen LogP contribution is -2.35. The maximum atomic E-state index is 9.76. The van der Waals surface area contributed by atoms with E-state index in [9.17, 15) is 5.11 Å². The van der Waals surface area contributed by atoms with Gasteiger partial charge in [0.2, 0.25) is 0 Å². The van der Waals surface area contributed by atoms with Crippen LogP contribution in [-0.4, -0.2) is 11.2 Å². The SMILES string of the molecule is OC1CCC2CC(C3CCCCC3)CCC2C1. The molecule has 3 aliphatic carbocycles. The summed E-state index contributed by atoms with van der Waals surface area (Å²) in [6.45, 7) is 0. The van der Waals surface area contributed by atoms with Crippen LogP contribution in [-0.2, 0) is 0 Å². The van der Waals surface area contributed by atoms with Crippen molar-refractivity contribution in [3.05, 3.63) is 0 Å². The van der Waals surface area contributed by atoms with Gasteiger partial charge in [-0.25, -0.2) is 0 Å². The van der Waals surface area contributed by atoms with Crippen molar-refractivity contribution in [1.82, 2.24) is 0 Å². The molecule has 0 bridgehead atoms. The van der Waals surface area contributed by atoms with E-state index in [2.05, 4.69) is 0 Å². The molecule has 0 radical (unpaired) electrons. The molecular formula is C16H28O. The van der Waals surface area contributed by atoms with Crippen LogP contribution in [0.15, 0.2) is 0 Å². The van der Waals surface area contributed by atoms with E-state index in [0.29, 0.717) is 0 Å². The van der Waals surface area contributed by atoms with Gasteiger partial charge in [-0.3, -0.25) is 0 Å². The van der Waals surface area contributed by atoms with Crippen LogP contribution < -0.4 is 0 Å². The maximum Gasteiger partial charge on any atom is 0.0543 e. The first-order chi connectivity index (χ1) is 8.33. The lowest BCUT2D eigenvalue weighted by atomic mass is 9.63. The third kappa shape index (κ3) is 2.70. The molecule has 1 nitrogen and oxygen atoms in total. The highest BCUT2D eigenvalue weighted by molar-refractivity contribution is 4.88. The fourth-order valence-corrected chi connectivity index (χ4v) is 4.93. The second kappa shape index (κ2) is 5.30. The van der Waals surface area contributed by atoms with Gasteiger partial charge in [-0.15, -0.1) is 0 Å². The molecule has 0 spiro atoms. The number of hydrogen-bond acceptors (Lipinski definition) is 1. The molecule has 3 fully saturated rings. The smallest absolute Gasteiger partial charge is 0.0543 e. The Balaban J connectivity index is 1.56. The quantitative estimate of drug-likeness (QED) is 0.725. The molecule has 0 aliphatic heterocycles. The Hall–Kier alpha value is -0.0400. The molecule has 0 amide bonds. The zero-order valence-electron chi connectivity index (χ0n) is 11.1. The van der Waals surface area contributed by atoms with Crippen molar-refractivity contribution in [3.8, 4) is 0 Å². The molecule has 0 heterocycles. The van der Waals surface area contributed by atoms with Crippen LogP contribution in [0.25, 0.3) is 0 Å². The van der Waals surface area contributed by atoms with Gasteiger partial charge in [0.25, 0.3) is 0 Å². The molecule has 3 saturated carbocycles. The first-order valence-electron chi connectivity index (χ1n) is 8.01. The van der Waals surface area contributed by atoms with Crippen molar-refractivity contribution < 1.29 is 5.11 Å². The van der Waals surface area contributed by atoms with Crippen molar-refractivity contribution in [2.45, 2.75) is 76.7 Å². The molecule has 4 atom stereocenters. The summed E-state index contributed by atoms with van der Waals surface area (Å²) in [5.74, 6) is 3.96. The number of aliphatic hydroxyl groups excluding tert-OH is 1. The van der Waals surface area contributed by atoms with E-state index in [1.807, 2.05) is 0 Å². The second-order valence-electron chi connectivity index (χ2n) is 6.96. The average molecular weight is 236 g/mol. The Kier molecular flexibility index (Phi) is 3.75. The van der Waals surface area contributed by atoms with Gasteiger partial charge in [-0.1, -0.05) is 32.1 Å². The molecule has 17 heavy (non-hydrogen) atoms. The number of rotatable bonds is 1. The van der Waals surface area contributed by atoms with E-state index in [1.54, 1.807) is 0 Å². The summed E-state index contributed by atoms with van der Waals surface area (Å²) in [6.07, 6.45) is 15.4. The lowest BCUT2D eigenvalue weighted by molar-refractivity contribution is 0.0212. The van der Waals surface area contributed by atoms with Gasteiger partial charge in [0.1, 0.15) is 0 Å². The maximum absolute atomic E-state index is 9.76. The lowest BCUT2D eigenvalue weighted by Gasteiger charge is -2.44. The Morgan fingerprint density at radius 2 is 1.12 bits per heavy atom. The van der Waals surface area contributed by atoms with Crippen LogP contribution in [0.1, 0.15) is 70.6 Å². The molecule has 3 rings (SSSR count). The van der Waals surface area contributed by atoms with Gasteiger partial charge in [0, 0.05) is 0 Å². The second-order valence-corrected chi connectivity index (χ2v) is 6.96. The Bertz CT molecular complexity index is 244. The van der Waals surface area contributed by atoms with Gasteiger partial charge in [-0.2, -0.15) is 0 Å². The minimum atomic E-state index is 0.0301. The molecule has 0 aromatic rings. The van der Waals surface area contributed by atoms with Crippen LogP contribution in [0.4, 0.5) is 0 Å². The van der Waals surface area contributed by atoms with Crippen molar-refractivity contribution in [2.75, 3.05) is 0 Å². The first-order valence-corrected chi connectivity index (χ1v) is 8.01. The van der Waals surface area contributed by atoms with Crippen LogP contribution in [0.2, 0.25) is 0 Å². The van der Waals surface area contributed by atoms with Gasteiger partial charge in [0.05, 0.1) is 6.10 Å². The van der Waals surface area contributed by atoms with Gasteiger partial charge >= 0.3 is 0 Å². The molecule has 0 aromatic carbocycles. The summed E-state index contributed by atoms with van der Waals surface area (Å²) in [6, 6.07) is 0. The molecule has 3 aliphatic rings. The van der Waals surface area contributed by atoms with Crippen LogP contribution >= 0.6 is 0 Å². The summed E-state index contributed by atoms with van der Waals surface area (Å²) >= 11 is 0. The molecule has 1 N–H and O–H groups in total. The molecule has 4 unspecified atom stereocenters. The highest BCUT2D eigenvalue weighted by atomic mass is 16.3. The normalized spacial score (nSPS) is 44.3. The fourth-order valence-electron chi connectivity index (χ4n) is 4.93. The molecule has 0 saturated heterocycles. The zero-order chi connectivity index (χ0) is 11.7. The number of hydrogen-bond donors (Lipinski definition) is 1. The van der Waals surface area contributed by atoms with Gasteiger partial charge < -0.3 is 5.11 Å². The Labute approximate surface area is 106 Å². The molecule has 0 aromatic heterocycles. The average Bonchev–Trinajstić information content (AvgIpc) is 2.39.